The van der Waals surface area contributed by atoms with Gasteiger partial charge in [0.1, 0.15) is 0 Å². The maximum atomic E-state index is 2.24. The fraction of sp³-hybridized carbons (Fsp3) is 1.00. The monoisotopic (exact) mass is 248 g/mol. The van der Waals surface area contributed by atoms with E-state index in [1.807, 2.05) is 0 Å². The van der Waals surface area contributed by atoms with E-state index in [4.69, 9.17) is 0 Å². The van der Waals surface area contributed by atoms with Crippen molar-refractivity contribution in [1.82, 2.24) is 0 Å². The van der Waals surface area contributed by atoms with Gasteiger partial charge in [0.15, 0.2) is 0 Å². The Kier molecular flexibility index (Phi) is 5.81. The SMILES string of the molecule is C[C](C)(C)[Zn+].[I-]. The summed E-state index contributed by atoms with van der Waals surface area (Å²) >= 11 is 1.40. The maximum absolute atomic E-state index is 2.24. The van der Waals surface area contributed by atoms with Crippen LogP contribution < -0.4 is 24.0 Å². The molecule has 0 radical (unpaired) electrons. The van der Waals surface area contributed by atoms with E-state index in [2.05, 4.69) is 20.8 Å². The average Bonchev–Trinajstić information content (AvgIpc) is 0.722. The van der Waals surface area contributed by atoms with Gasteiger partial charge in [0, 0.05) is 0 Å². The molecule has 0 aromatic carbocycles. The molecule has 2 heteroatoms. The van der Waals surface area contributed by atoms with Crippen molar-refractivity contribution in [3.63, 3.8) is 0 Å². The second kappa shape index (κ2) is 3.37. The van der Waals surface area contributed by atoms with E-state index in [0.29, 0.717) is 4.01 Å². The first-order chi connectivity index (χ1) is 2.00. The van der Waals surface area contributed by atoms with Crippen molar-refractivity contribution in [2.45, 2.75) is 24.8 Å². The molecular weight excluding hydrogens is 240 g/mol. The molecule has 0 atom stereocenters. The molecule has 6 heavy (non-hydrogen) atoms. The Hall–Kier alpha value is 1.35. The average molecular weight is 249 g/mol. The van der Waals surface area contributed by atoms with Crippen LogP contribution >= 0.6 is 0 Å². The number of hydrogen-bond donors (Lipinski definition) is 0. The molecule has 0 aromatic rings. The molecule has 0 saturated carbocycles. The Bertz CT molecular complexity index is 23.0. The minimum Gasteiger partial charge on any atom is -1.00 e. The zero-order valence-corrected chi connectivity index (χ0v) is 9.71. The standard InChI is InChI=1S/C4H9.HI.Zn/c1-4(2)3;;/h1-3H3;1H;/q;;+1/p-1. The molecule has 0 aliphatic carbocycles. The third kappa shape index (κ3) is 55.4. The van der Waals surface area contributed by atoms with E-state index in [-0.39, 0.29) is 24.0 Å². The van der Waals surface area contributed by atoms with Crippen molar-refractivity contribution < 1.29 is 42.3 Å². The fourth-order valence-corrected chi connectivity index (χ4v) is 0. The van der Waals surface area contributed by atoms with Gasteiger partial charge >= 0.3 is 43.1 Å². The molecule has 0 N–H and O–H groups in total. The predicted octanol–water partition coefficient (Wildman–Crippen LogP) is -1.24. The van der Waals surface area contributed by atoms with Crippen molar-refractivity contribution in [3.05, 3.63) is 0 Å². The summed E-state index contributed by atoms with van der Waals surface area (Å²) in [7, 11) is 0. The van der Waals surface area contributed by atoms with E-state index < -0.39 is 0 Å². The van der Waals surface area contributed by atoms with Gasteiger partial charge in [0.05, 0.1) is 0 Å². The minimum absolute atomic E-state index is 0. The second-order valence-electron chi connectivity index (χ2n) is 2.56. The molecule has 0 amide bonds. The van der Waals surface area contributed by atoms with Crippen molar-refractivity contribution in [3.8, 4) is 0 Å². The third-order valence-corrected chi connectivity index (χ3v) is 0. The van der Waals surface area contributed by atoms with Crippen LogP contribution in [0, 0.1) is 0 Å². The maximum Gasteiger partial charge on any atom is -1.00 e. The minimum atomic E-state index is 0. The zero-order valence-electron chi connectivity index (χ0n) is 4.59. The Morgan fingerprint density at radius 1 is 1.17 bits per heavy atom. The summed E-state index contributed by atoms with van der Waals surface area (Å²) in [6, 6.07) is 0. The molecule has 0 fully saturated rings. The normalized spacial score (nSPS) is 10.2. The van der Waals surface area contributed by atoms with Gasteiger partial charge in [-0.3, -0.25) is 0 Å². The molecule has 0 aliphatic heterocycles. The van der Waals surface area contributed by atoms with Gasteiger partial charge in [-0.25, -0.2) is 0 Å². The summed E-state index contributed by atoms with van der Waals surface area (Å²) in [6.07, 6.45) is 0. The predicted molar refractivity (Wildman–Crippen MR) is 19.7 cm³/mol. The molecule has 0 saturated heterocycles. The Labute approximate surface area is 66.8 Å². The van der Waals surface area contributed by atoms with Crippen molar-refractivity contribution in [2.24, 2.45) is 0 Å². The molecular formula is C4H9IZn. The van der Waals surface area contributed by atoms with Gasteiger partial charge < -0.3 is 24.0 Å². The largest absolute Gasteiger partial charge is 1.00 e. The van der Waals surface area contributed by atoms with Crippen LogP contribution in [0.15, 0.2) is 0 Å². The first kappa shape index (κ1) is 10.4. The van der Waals surface area contributed by atoms with E-state index in [1.54, 1.807) is 0 Å². The molecule has 0 heterocycles. The van der Waals surface area contributed by atoms with Crippen LogP contribution in [0.2, 0.25) is 4.01 Å². The number of halogens is 1. The van der Waals surface area contributed by atoms with E-state index in [1.165, 1.54) is 18.3 Å². The summed E-state index contributed by atoms with van der Waals surface area (Å²) in [5, 5.41) is 0. The summed E-state index contributed by atoms with van der Waals surface area (Å²) in [6.45, 7) is 6.73. The summed E-state index contributed by atoms with van der Waals surface area (Å²) < 4.78 is 0.625. The zero-order chi connectivity index (χ0) is 4.50. The fourth-order valence-electron chi connectivity index (χ4n) is 0. The molecule has 0 aromatic heterocycles. The van der Waals surface area contributed by atoms with Gasteiger partial charge in [-0.1, -0.05) is 0 Å². The summed E-state index contributed by atoms with van der Waals surface area (Å²) in [4.78, 5) is 0. The van der Waals surface area contributed by atoms with Crippen LogP contribution in [0.3, 0.4) is 0 Å². The number of rotatable bonds is 0. The van der Waals surface area contributed by atoms with Crippen LogP contribution in [-0.2, 0) is 18.3 Å². The van der Waals surface area contributed by atoms with Crippen LogP contribution in [0.5, 0.6) is 0 Å². The van der Waals surface area contributed by atoms with Crippen molar-refractivity contribution >= 4 is 0 Å². The third-order valence-electron chi connectivity index (χ3n) is 0. The molecule has 0 aliphatic rings. The molecule has 0 bridgehead atoms. The summed E-state index contributed by atoms with van der Waals surface area (Å²) in [5.41, 5.74) is 0. The first-order valence-corrected chi connectivity index (χ1v) is 3.34. The Morgan fingerprint density at radius 2 is 1.17 bits per heavy atom. The molecule has 34 valence electrons. The molecule has 0 nitrogen and oxygen atoms in total. The van der Waals surface area contributed by atoms with Crippen molar-refractivity contribution in [1.29, 1.82) is 0 Å². The van der Waals surface area contributed by atoms with Crippen LogP contribution in [0.1, 0.15) is 20.8 Å². The van der Waals surface area contributed by atoms with Crippen LogP contribution in [0.4, 0.5) is 0 Å². The molecule has 0 unspecified atom stereocenters. The van der Waals surface area contributed by atoms with Crippen LogP contribution in [-0.4, -0.2) is 0 Å². The van der Waals surface area contributed by atoms with E-state index in [0.717, 1.165) is 0 Å². The van der Waals surface area contributed by atoms with Crippen molar-refractivity contribution in [2.75, 3.05) is 0 Å². The quantitative estimate of drug-likeness (QED) is 0.372. The van der Waals surface area contributed by atoms with Gasteiger partial charge in [0.25, 0.3) is 0 Å². The Morgan fingerprint density at radius 3 is 1.17 bits per heavy atom. The van der Waals surface area contributed by atoms with Gasteiger partial charge in [0.2, 0.25) is 0 Å². The van der Waals surface area contributed by atoms with E-state index in [9.17, 15) is 0 Å². The number of hydrogen-bond acceptors (Lipinski definition) is 0. The Balaban J connectivity index is 0. The topological polar surface area (TPSA) is 0 Å². The molecule has 0 spiro atoms. The molecule has 0 rings (SSSR count). The smallest absolute Gasteiger partial charge is 1.00 e. The second-order valence-corrected chi connectivity index (χ2v) is 7.01. The first-order valence-electron chi connectivity index (χ1n) is 1.85. The van der Waals surface area contributed by atoms with E-state index >= 15 is 0 Å². The summed E-state index contributed by atoms with van der Waals surface area (Å²) in [5.74, 6) is 0. The van der Waals surface area contributed by atoms with Gasteiger partial charge in [-0.2, -0.15) is 0 Å². The van der Waals surface area contributed by atoms with Gasteiger partial charge in [-0.05, 0) is 0 Å². The van der Waals surface area contributed by atoms with Gasteiger partial charge in [-0.15, -0.1) is 0 Å². The van der Waals surface area contributed by atoms with Crippen LogP contribution in [0.25, 0.3) is 0 Å².